The van der Waals surface area contributed by atoms with E-state index in [2.05, 4.69) is 42.5 Å². The molecule has 2 aliphatic rings. The molecule has 32 heteroatoms. The van der Waals surface area contributed by atoms with Gasteiger partial charge in [0.1, 0.15) is 91.1 Å². The summed E-state index contributed by atoms with van der Waals surface area (Å²) in [5.74, 6) is -11.3. The van der Waals surface area contributed by atoms with Gasteiger partial charge in [0, 0.05) is 26.8 Å². The number of aliphatic hydroxyl groups is 5. The van der Waals surface area contributed by atoms with Crippen LogP contribution in [0, 0.1) is 0 Å². The first-order valence-electron chi connectivity index (χ1n) is 23.7. The number of nitrogens with one attached hydrogen (secondary N) is 8. The molecule has 2 aliphatic heterocycles. The summed E-state index contributed by atoms with van der Waals surface area (Å²) in [5.41, 5.74) is 5.36. The fourth-order valence-corrected chi connectivity index (χ4v) is 7.42. The topological polar surface area (TPSA) is 509 Å². The first kappa shape index (κ1) is 64.9. The average molecular weight is 1080 g/mol. The zero-order chi connectivity index (χ0) is 57.0. The lowest BCUT2D eigenvalue weighted by Gasteiger charge is -2.48. The van der Waals surface area contributed by atoms with Crippen molar-refractivity contribution in [2.24, 2.45) is 5.73 Å². The van der Waals surface area contributed by atoms with Gasteiger partial charge in [-0.2, -0.15) is 0 Å². The van der Waals surface area contributed by atoms with E-state index in [1.54, 1.807) is 0 Å². The van der Waals surface area contributed by atoms with Crippen LogP contribution in [0.5, 0.6) is 0 Å². The molecule has 2 rings (SSSR count). The van der Waals surface area contributed by atoms with Crippen LogP contribution in [0.25, 0.3) is 0 Å². The number of nitrogens with two attached hydrogens (primary N) is 1. The predicted octanol–water partition coefficient (Wildman–Crippen LogP) is -8.18. The smallest absolute Gasteiger partial charge is 0.326 e. The van der Waals surface area contributed by atoms with E-state index in [-0.39, 0.29) is 25.8 Å². The van der Waals surface area contributed by atoms with E-state index < -0.39 is 201 Å². The number of aliphatic carboxylic acids is 3. The Kier molecular flexibility index (Phi) is 26.8. The maximum absolute atomic E-state index is 13.6. The quantitative estimate of drug-likeness (QED) is 0.0297. The van der Waals surface area contributed by atoms with Crippen molar-refractivity contribution in [3.8, 4) is 0 Å². The second kappa shape index (κ2) is 31.0. The number of carbonyl (C=O) groups is 11. The lowest BCUT2D eigenvalue weighted by Crippen LogP contribution is -2.70. The zero-order valence-corrected chi connectivity index (χ0v) is 42.0. The number of ether oxygens (including phenoxy) is 4. The highest BCUT2D eigenvalue weighted by Gasteiger charge is 2.53. The van der Waals surface area contributed by atoms with Crippen molar-refractivity contribution in [1.29, 1.82) is 0 Å². The summed E-state index contributed by atoms with van der Waals surface area (Å²) in [6, 6.07) is -11.8. The van der Waals surface area contributed by atoms with Gasteiger partial charge in [-0.15, -0.1) is 0 Å². The third kappa shape index (κ3) is 20.8. The monoisotopic (exact) mass is 1080 g/mol. The van der Waals surface area contributed by atoms with Crippen molar-refractivity contribution in [3.63, 3.8) is 0 Å². The van der Waals surface area contributed by atoms with E-state index in [0.29, 0.717) is 0 Å². The van der Waals surface area contributed by atoms with Gasteiger partial charge in [-0.1, -0.05) is 0 Å². The van der Waals surface area contributed by atoms with Crippen LogP contribution in [0.3, 0.4) is 0 Å². The van der Waals surface area contributed by atoms with E-state index in [9.17, 15) is 83.4 Å². The van der Waals surface area contributed by atoms with Gasteiger partial charge in [-0.25, -0.2) is 4.79 Å². The molecular formula is C43H71N9O23. The van der Waals surface area contributed by atoms with Crippen LogP contribution in [0.2, 0.25) is 0 Å². The number of unbranched alkanes of at least 4 members (excludes halogenated alkanes) is 1. The van der Waals surface area contributed by atoms with E-state index >= 15 is 0 Å². The SMILES string of the molecule is CC(=O)NC1C(OC2C(CO)OC(O)C(NC(C)=O)C2OC(C)C(=O)NC(C)C(=O)NC(CCC(=O)NC(CCCCNC(=O)CC(N)C(=O)O)C(=O)NC(C)C(=O)NC(C)C(=O)O)C(=O)O)OC(CO)C(O)C1O. The zero-order valence-electron chi connectivity index (χ0n) is 42.0. The molecule has 75 heavy (non-hydrogen) atoms. The Morgan fingerprint density at radius 3 is 1.69 bits per heavy atom. The molecule has 17 atom stereocenters. The fourth-order valence-electron chi connectivity index (χ4n) is 7.42. The van der Waals surface area contributed by atoms with Gasteiger partial charge >= 0.3 is 17.9 Å². The molecule has 0 radical (unpaired) electrons. The molecule has 2 heterocycles. The van der Waals surface area contributed by atoms with Crippen molar-refractivity contribution in [2.75, 3.05) is 19.8 Å². The van der Waals surface area contributed by atoms with Gasteiger partial charge in [0.05, 0.1) is 19.6 Å². The molecular weight excluding hydrogens is 1010 g/mol. The summed E-state index contributed by atoms with van der Waals surface area (Å²) in [5, 5.41) is 98.9. The first-order chi connectivity index (χ1) is 35.0. The fraction of sp³-hybridized carbons (Fsp3) is 0.744. The van der Waals surface area contributed by atoms with Crippen molar-refractivity contribution in [3.05, 3.63) is 0 Å². The lowest BCUT2D eigenvalue weighted by atomic mass is 9.94. The number of hydrogen-bond donors (Lipinski definition) is 17. The van der Waals surface area contributed by atoms with E-state index in [1.807, 2.05) is 0 Å². The third-order valence-corrected chi connectivity index (χ3v) is 11.6. The normalized spacial score (nSPS) is 26.2. The Morgan fingerprint density at radius 1 is 0.587 bits per heavy atom. The highest BCUT2D eigenvalue weighted by molar-refractivity contribution is 5.94. The Morgan fingerprint density at radius 2 is 1.15 bits per heavy atom. The summed E-state index contributed by atoms with van der Waals surface area (Å²) in [6.07, 6.45) is -16.6. The molecule has 0 bridgehead atoms. The molecule has 426 valence electrons. The third-order valence-electron chi connectivity index (χ3n) is 11.6. The van der Waals surface area contributed by atoms with Crippen molar-refractivity contribution in [2.45, 2.75) is 184 Å². The molecule has 0 spiro atoms. The van der Waals surface area contributed by atoms with Gasteiger partial charge in [0.25, 0.3) is 0 Å². The second-order valence-electron chi connectivity index (χ2n) is 17.8. The average Bonchev–Trinajstić information content (AvgIpc) is 3.32. The number of amides is 8. The van der Waals surface area contributed by atoms with Crippen molar-refractivity contribution in [1.82, 2.24) is 42.5 Å². The Labute approximate surface area is 428 Å². The second-order valence-corrected chi connectivity index (χ2v) is 17.8. The number of rotatable bonds is 30. The van der Waals surface area contributed by atoms with E-state index in [1.165, 1.54) is 13.8 Å². The molecule has 0 saturated carbocycles. The highest BCUT2D eigenvalue weighted by atomic mass is 16.7. The first-order valence-corrected chi connectivity index (χ1v) is 23.7. The standard InChI is InChI=1S/C43H71N9O23/c1-16(35(61)48-18(3)39(65)66)47-38(64)23(9-7-8-12-45-28(58)13-22(44)40(67)68)51-27(57)11-10-24(41(69)70)52-36(62)17(2)46-37(63)19(4)72-34-30(50-21(6)56)42(71)73-26(15-54)33(34)75-43-29(49-20(5)55)32(60)31(59)25(14-53)74-43/h16-19,22-26,29-34,42-43,53-54,59-60,71H,7-15,44H2,1-6H3,(H,45,58)(H,46,63)(H,47,64)(H,48,61)(H,49,55)(H,50,56)(H,51,57)(H,52,62)(H,65,66)(H,67,68)(H,69,70). The van der Waals surface area contributed by atoms with Gasteiger partial charge in [-0.3, -0.25) is 47.9 Å². The summed E-state index contributed by atoms with van der Waals surface area (Å²) < 4.78 is 23.1. The number of carboxylic acid groups (broad SMARTS) is 3. The largest absolute Gasteiger partial charge is 0.480 e. The molecule has 0 aliphatic carbocycles. The lowest BCUT2D eigenvalue weighted by molar-refractivity contribution is -0.333. The van der Waals surface area contributed by atoms with Gasteiger partial charge in [0.2, 0.25) is 47.3 Å². The molecule has 2 fully saturated rings. The summed E-state index contributed by atoms with van der Waals surface area (Å²) >= 11 is 0. The van der Waals surface area contributed by atoms with Crippen LogP contribution in [-0.4, -0.2) is 229 Å². The van der Waals surface area contributed by atoms with Crippen LogP contribution in [0.15, 0.2) is 0 Å². The maximum Gasteiger partial charge on any atom is 0.326 e. The van der Waals surface area contributed by atoms with Gasteiger partial charge in [0.15, 0.2) is 12.6 Å². The molecule has 17 unspecified atom stereocenters. The molecule has 0 aromatic heterocycles. The summed E-state index contributed by atoms with van der Waals surface area (Å²) in [4.78, 5) is 137. The Hall–Kier alpha value is -6.23. The van der Waals surface area contributed by atoms with Gasteiger partial charge in [-0.05, 0) is 53.4 Å². The van der Waals surface area contributed by atoms with E-state index in [0.717, 1.165) is 27.7 Å². The number of hydrogen-bond acceptors (Lipinski definition) is 21. The maximum atomic E-state index is 13.6. The molecule has 0 aromatic carbocycles. The van der Waals surface area contributed by atoms with Crippen LogP contribution >= 0.6 is 0 Å². The van der Waals surface area contributed by atoms with Crippen LogP contribution in [-0.2, 0) is 71.7 Å². The molecule has 2 saturated heterocycles. The van der Waals surface area contributed by atoms with E-state index in [4.69, 9.17) is 34.9 Å². The molecule has 32 nitrogen and oxygen atoms in total. The highest BCUT2D eigenvalue weighted by Crippen LogP contribution is 2.31. The Bertz CT molecular complexity index is 2020. The summed E-state index contributed by atoms with van der Waals surface area (Å²) in [7, 11) is 0. The molecule has 8 amide bonds. The number of aliphatic hydroxyl groups excluding tert-OH is 5. The van der Waals surface area contributed by atoms with Crippen molar-refractivity contribution >= 4 is 65.2 Å². The van der Waals surface area contributed by atoms with Crippen molar-refractivity contribution < 1.29 is 113 Å². The van der Waals surface area contributed by atoms with Crippen LogP contribution in [0.1, 0.15) is 80.1 Å². The van der Waals surface area contributed by atoms with Crippen LogP contribution < -0.4 is 48.3 Å². The molecule has 18 N–H and O–H groups in total. The summed E-state index contributed by atoms with van der Waals surface area (Å²) in [6.45, 7) is 5.13. The molecule has 0 aromatic rings. The minimum Gasteiger partial charge on any atom is -0.480 e. The minimum atomic E-state index is -1.92. The minimum absolute atomic E-state index is 0.00892. The van der Waals surface area contributed by atoms with Gasteiger partial charge < -0.3 is 108 Å². The number of carboxylic acids is 3. The Balaban J connectivity index is 2.20. The predicted molar refractivity (Wildman–Crippen MR) is 248 cm³/mol. The number of carbonyl (C=O) groups excluding carboxylic acids is 8. The van der Waals surface area contributed by atoms with Crippen LogP contribution in [0.4, 0.5) is 0 Å².